The molecule has 2 N–H and O–H groups in total. The van der Waals surface area contributed by atoms with E-state index in [2.05, 4.69) is 16.7 Å². The van der Waals surface area contributed by atoms with E-state index < -0.39 is 17.6 Å². The highest BCUT2D eigenvalue weighted by Gasteiger charge is 2.36. The Labute approximate surface area is 259 Å². The zero-order chi connectivity index (χ0) is 31.1. The molecule has 0 bridgehead atoms. The molecule has 7 nitrogen and oxygen atoms in total. The number of rotatable bonds is 9. The van der Waals surface area contributed by atoms with Crippen molar-refractivity contribution in [2.24, 2.45) is 0 Å². The second-order valence-corrected chi connectivity index (χ2v) is 10.8. The van der Waals surface area contributed by atoms with E-state index >= 15 is 4.39 Å². The number of nitriles is 1. The van der Waals surface area contributed by atoms with Crippen molar-refractivity contribution in [3.8, 4) is 11.8 Å². The number of nitrogens with zero attached hydrogens (tertiary/aromatic N) is 2. The van der Waals surface area contributed by atoms with Gasteiger partial charge in [0.25, 0.3) is 5.91 Å². The number of dihydropyridines is 1. The van der Waals surface area contributed by atoms with E-state index in [0.717, 1.165) is 11.8 Å². The fraction of sp³-hybridized carbons (Fsp3) is 0.114. The van der Waals surface area contributed by atoms with E-state index in [4.69, 9.17) is 4.74 Å². The van der Waals surface area contributed by atoms with Crippen molar-refractivity contribution in [3.63, 3.8) is 0 Å². The van der Waals surface area contributed by atoms with Crippen molar-refractivity contribution >= 4 is 40.6 Å². The summed E-state index contributed by atoms with van der Waals surface area (Å²) in [5.74, 6) is -1.88. The van der Waals surface area contributed by atoms with Crippen LogP contribution in [0.15, 0.2) is 131 Å². The van der Waals surface area contributed by atoms with Gasteiger partial charge in [-0.15, -0.1) is 0 Å². The summed E-state index contributed by atoms with van der Waals surface area (Å²) in [4.78, 5) is 29.1. The van der Waals surface area contributed by atoms with Gasteiger partial charge in [-0.1, -0.05) is 78.5 Å². The number of thioether (sulfide) groups is 1. The first kappa shape index (κ1) is 30.1. The number of allylic oxidation sites excluding steroid dienone is 2. The quantitative estimate of drug-likeness (QED) is 0.209. The third kappa shape index (κ3) is 6.36. The van der Waals surface area contributed by atoms with Gasteiger partial charge in [0.1, 0.15) is 11.6 Å². The lowest BCUT2D eigenvalue weighted by Gasteiger charge is -2.30. The molecule has 44 heavy (non-hydrogen) atoms. The van der Waals surface area contributed by atoms with E-state index in [1.165, 1.54) is 13.2 Å². The minimum Gasteiger partial charge on any atom is -0.495 e. The molecule has 0 saturated heterocycles. The normalized spacial score (nSPS) is 14.4. The van der Waals surface area contributed by atoms with Gasteiger partial charge in [-0.25, -0.2) is 4.39 Å². The first-order chi connectivity index (χ1) is 21.4. The highest BCUT2D eigenvalue weighted by Crippen LogP contribution is 2.42. The second-order valence-electron chi connectivity index (χ2n) is 9.82. The number of nitrogens with one attached hydrogen (secondary N) is 2. The molecule has 0 saturated carbocycles. The molecule has 1 atom stereocenters. The number of carbonyl (C=O) groups excluding carboxylic acids is 2. The Morgan fingerprint density at radius 1 is 0.932 bits per heavy atom. The molecule has 0 radical (unpaired) electrons. The van der Waals surface area contributed by atoms with Crippen molar-refractivity contribution in [1.29, 1.82) is 5.26 Å². The maximum atomic E-state index is 15.3. The van der Waals surface area contributed by atoms with Crippen molar-refractivity contribution in [3.05, 3.63) is 142 Å². The van der Waals surface area contributed by atoms with E-state index in [0.29, 0.717) is 33.5 Å². The van der Waals surface area contributed by atoms with E-state index in [1.807, 2.05) is 60.7 Å². The highest BCUT2D eigenvalue weighted by molar-refractivity contribution is 8.03. The van der Waals surface area contributed by atoms with Gasteiger partial charge in [0.05, 0.1) is 41.1 Å². The smallest absolute Gasteiger partial charge is 0.254 e. The van der Waals surface area contributed by atoms with Crippen molar-refractivity contribution < 1.29 is 18.7 Å². The van der Waals surface area contributed by atoms with Crippen LogP contribution in [-0.4, -0.2) is 24.7 Å². The molecule has 0 aliphatic carbocycles. The fourth-order valence-corrected chi connectivity index (χ4v) is 6.02. The van der Waals surface area contributed by atoms with Crippen LogP contribution in [0.25, 0.3) is 0 Å². The lowest BCUT2D eigenvalue weighted by Crippen LogP contribution is -2.32. The summed E-state index contributed by atoms with van der Waals surface area (Å²) in [7, 11) is 1.50. The maximum absolute atomic E-state index is 15.3. The first-order valence-electron chi connectivity index (χ1n) is 13.8. The SMILES string of the molecule is COc1ccccc1NC(=O)C1=C(C)NC(SCC(=O)N(c2ccccc2)c2ccccc2)=C(C#N)C1c1ccccc1F. The number of amides is 2. The van der Waals surface area contributed by atoms with Crippen LogP contribution in [0.2, 0.25) is 0 Å². The molecule has 0 aromatic heterocycles. The molecule has 1 heterocycles. The lowest BCUT2D eigenvalue weighted by molar-refractivity contribution is -0.115. The number of carbonyl (C=O) groups is 2. The average Bonchev–Trinajstić information content (AvgIpc) is 3.05. The zero-order valence-corrected chi connectivity index (χ0v) is 24.9. The Bertz CT molecular complexity index is 1750. The van der Waals surface area contributed by atoms with Gasteiger partial charge in [0, 0.05) is 28.2 Å². The second kappa shape index (κ2) is 13.8. The topological polar surface area (TPSA) is 94.5 Å². The fourth-order valence-electron chi connectivity index (χ4n) is 5.07. The monoisotopic (exact) mass is 604 g/mol. The molecule has 0 spiro atoms. The minimum atomic E-state index is -1.02. The molecule has 2 amide bonds. The lowest BCUT2D eigenvalue weighted by atomic mass is 9.82. The Kier molecular flexibility index (Phi) is 9.43. The summed E-state index contributed by atoms with van der Waals surface area (Å²) < 4.78 is 20.7. The molecular weight excluding hydrogens is 575 g/mol. The summed E-state index contributed by atoms with van der Waals surface area (Å²) in [6.45, 7) is 1.70. The Hall–Kier alpha value is -5.33. The Morgan fingerprint density at radius 3 is 2.14 bits per heavy atom. The first-order valence-corrected chi connectivity index (χ1v) is 14.8. The number of hydrogen-bond donors (Lipinski definition) is 2. The van der Waals surface area contributed by atoms with Crippen LogP contribution in [0.3, 0.4) is 0 Å². The van der Waals surface area contributed by atoms with Gasteiger partial charge >= 0.3 is 0 Å². The number of benzene rings is 4. The van der Waals surface area contributed by atoms with Gasteiger partial charge in [-0.05, 0) is 49.4 Å². The molecule has 1 aliphatic heterocycles. The molecule has 5 rings (SSSR count). The van der Waals surface area contributed by atoms with Crippen molar-refractivity contribution in [1.82, 2.24) is 5.32 Å². The van der Waals surface area contributed by atoms with E-state index in [-0.39, 0.29) is 28.4 Å². The van der Waals surface area contributed by atoms with Crippen LogP contribution >= 0.6 is 11.8 Å². The standard InChI is InChI=1S/C35H29FN4O3S/c1-23-32(34(42)39-29-19-11-12-20-30(29)43-2)33(26-17-9-10-18-28(26)36)27(21-37)35(38-23)44-22-31(41)40(24-13-5-3-6-14-24)25-15-7-4-8-16-25/h3-20,33,38H,22H2,1-2H3,(H,39,42). The van der Waals surface area contributed by atoms with Crippen LogP contribution in [0.4, 0.5) is 21.5 Å². The zero-order valence-electron chi connectivity index (χ0n) is 24.1. The maximum Gasteiger partial charge on any atom is 0.254 e. The molecule has 4 aromatic carbocycles. The van der Waals surface area contributed by atoms with Crippen LogP contribution in [0.5, 0.6) is 5.75 Å². The molecule has 1 aliphatic rings. The highest BCUT2D eigenvalue weighted by atomic mass is 32.2. The number of anilines is 3. The summed E-state index contributed by atoms with van der Waals surface area (Å²) in [5, 5.41) is 16.8. The van der Waals surface area contributed by atoms with Crippen LogP contribution in [0, 0.1) is 17.1 Å². The Morgan fingerprint density at radius 2 is 1.52 bits per heavy atom. The van der Waals surface area contributed by atoms with Gasteiger partial charge in [0.2, 0.25) is 5.91 Å². The third-order valence-electron chi connectivity index (χ3n) is 7.08. The number of hydrogen-bond acceptors (Lipinski definition) is 6. The van der Waals surface area contributed by atoms with Crippen molar-refractivity contribution in [2.45, 2.75) is 12.8 Å². The van der Waals surface area contributed by atoms with Crippen LogP contribution in [0.1, 0.15) is 18.4 Å². The predicted octanol–water partition coefficient (Wildman–Crippen LogP) is 7.27. The van der Waals surface area contributed by atoms with Crippen LogP contribution in [-0.2, 0) is 9.59 Å². The summed E-state index contributed by atoms with van der Waals surface area (Å²) in [6, 6.07) is 33.8. The minimum absolute atomic E-state index is 0.0304. The largest absolute Gasteiger partial charge is 0.495 e. The number of methoxy groups -OCH3 is 1. The molecule has 1 unspecified atom stereocenters. The summed E-state index contributed by atoms with van der Waals surface area (Å²) in [6.07, 6.45) is 0. The summed E-state index contributed by atoms with van der Waals surface area (Å²) >= 11 is 1.13. The number of para-hydroxylation sites is 4. The van der Waals surface area contributed by atoms with Crippen LogP contribution < -0.4 is 20.3 Å². The number of halogens is 1. The van der Waals surface area contributed by atoms with Crippen molar-refractivity contribution in [2.75, 3.05) is 23.1 Å². The molecule has 9 heteroatoms. The van der Waals surface area contributed by atoms with Gasteiger partial charge in [-0.2, -0.15) is 5.26 Å². The number of ether oxygens (including phenoxy) is 1. The van der Waals surface area contributed by atoms with E-state index in [1.54, 1.807) is 54.3 Å². The summed E-state index contributed by atoms with van der Waals surface area (Å²) in [5.41, 5.74) is 2.76. The van der Waals surface area contributed by atoms with Gasteiger partial charge in [-0.3, -0.25) is 14.5 Å². The predicted molar refractivity (Wildman–Crippen MR) is 172 cm³/mol. The van der Waals surface area contributed by atoms with Gasteiger partial charge in [0.15, 0.2) is 0 Å². The molecule has 4 aromatic rings. The molecule has 0 fully saturated rings. The molecular formula is C35H29FN4O3S. The average molecular weight is 605 g/mol. The van der Waals surface area contributed by atoms with E-state index in [9.17, 15) is 14.9 Å². The van der Waals surface area contributed by atoms with Gasteiger partial charge < -0.3 is 15.4 Å². The molecule has 220 valence electrons. The third-order valence-corrected chi connectivity index (χ3v) is 8.08. The Balaban J connectivity index is 1.49.